The van der Waals surface area contributed by atoms with Crippen LogP contribution in [0.2, 0.25) is 0 Å². The zero-order valence-corrected chi connectivity index (χ0v) is 15.6. The molecule has 0 saturated heterocycles. The zero-order valence-electron chi connectivity index (χ0n) is 15.6. The number of esters is 1. The van der Waals surface area contributed by atoms with E-state index in [9.17, 15) is 13.6 Å². The molecule has 26 heavy (non-hydrogen) atoms. The maximum Gasteiger partial charge on any atom is 0.314 e. The van der Waals surface area contributed by atoms with Crippen LogP contribution in [0.5, 0.6) is 5.75 Å². The van der Waals surface area contributed by atoms with Crippen LogP contribution in [0.15, 0.2) is 12.3 Å². The highest BCUT2D eigenvalue weighted by molar-refractivity contribution is 5.75. The number of rotatable bonds is 5. The molecule has 0 atom stereocenters. The van der Waals surface area contributed by atoms with Crippen LogP contribution in [0.25, 0.3) is 0 Å². The van der Waals surface area contributed by atoms with E-state index in [0.717, 1.165) is 55.7 Å². The SMILES string of the molecule is CCC[C@H]1CC[C@H]([C@H]2CC[C@H](C(=O)Oc3cnc(F)c(F)c3)CC2)CC1. The van der Waals surface area contributed by atoms with Crippen molar-refractivity contribution >= 4 is 5.97 Å². The van der Waals surface area contributed by atoms with E-state index in [1.165, 1.54) is 38.5 Å². The number of hydrogen-bond donors (Lipinski definition) is 0. The predicted octanol–water partition coefficient (Wildman–Crippen LogP) is 5.68. The highest BCUT2D eigenvalue weighted by Gasteiger charge is 2.33. The number of aromatic nitrogens is 1. The van der Waals surface area contributed by atoms with Crippen LogP contribution in [0.3, 0.4) is 0 Å². The molecule has 0 unspecified atom stereocenters. The number of hydrogen-bond acceptors (Lipinski definition) is 3. The monoisotopic (exact) mass is 365 g/mol. The van der Waals surface area contributed by atoms with Gasteiger partial charge >= 0.3 is 5.97 Å². The van der Waals surface area contributed by atoms with Crippen molar-refractivity contribution in [2.75, 3.05) is 0 Å². The van der Waals surface area contributed by atoms with Crippen LogP contribution in [0.1, 0.15) is 71.1 Å². The Morgan fingerprint density at radius 3 is 2.27 bits per heavy atom. The topological polar surface area (TPSA) is 39.2 Å². The summed E-state index contributed by atoms with van der Waals surface area (Å²) >= 11 is 0. The van der Waals surface area contributed by atoms with E-state index in [1.54, 1.807) is 0 Å². The van der Waals surface area contributed by atoms with E-state index >= 15 is 0 Å². The van der Waals surface area contributed by atoms with Crippen molar-refractivity contribution in [1.82, 2.24) is 4.98 Å². The standard InChI is InChI=1S/C21H29F2NO2/c1-2-3-14-4-6-15(7-5-14)16-8-10-17(11-9-16)21(25)26-18-12-19(22)20(23)24-13-18/h12-17H,2-11H2,1H3/t14-,15-,16-,17-. The summed E-state index contributed by atoms with van der Waals surface area (Å²) < 4.78 is 31.2. The average molecular weight is 365 g/mol. The van der Waals surface area contributed by atoms with E-state index in [4.69, 9.17) is 4.74 Å². The molecule has 0 amide bonds. The minimum absolute atomic E-state index is 0.0229. The van der Waals surface area contributed by atoms with Gasteiger partial charge in [0.1, 0.15) is 0 Å². The molecule has 0 spiro atoms. The molecular formula is C21H29F2NO2. The molecule has 2 saturated carbocycles. The molecule has 3 nitrogen and oxygen atoms in total. The van der Waals surface area contributed by atoms with E-state index in [2.05, 4.69) is 11.9 Å². The lowest BCUT2D eigenvalue weighted by Crippen LogP contribution is -2.30. The summed E-state index contributed by atoms with van der Waals surface area (Å²) in [6.45, 7) is 2.27. The molecule has 1 aromatic rings. The Morgan fingerprint density at radius 2 is 1.69 bits per heavy atom. The fourth-order valence-electron chi connectivity index (χ4n) is 4.84. The minimum Gasteiger partial charge on any atom is -0.425 e. The Balaban J connectivity index is 1.44. The summed E-state index contributed by atoms with van der Waals surface area (Å²) in [7, 11) is 0. The van der Waals surface area contributed by atoms with Crippen molar-refractivity contribution in [2.24, 2.45) is 23.7 Å². The van der Waals surface area contributed by atoms with Gasteiger partial charge in [0.25, 0.3) is 0 Å². The van der Waals surface area contributed by atoms with Gasteiger partial charge < -0.3 is 4.74 Å². The maximum absolute atomic E-state index is 13.2. The molecule has 2 fully saturated rings. The fraction of sp³-hybridized carbons (Fsp3) is 0.714. The van der Waals surface area contributed by atoms with Crippen molar-refractivity contribution in [2.45, 2.75) is 71.1 Å². The van der Waals surface area contributed by atoms with Gasteiger partial charge in [-0.15, -0.1) is 0 Å². The Morgan fingerprint density at radius 1 is 1.08 bits per heavy atom. The molecule has 1 heterocycles. The predicted molar refractivity (Wildman–Crippen MR) is 95.6 cm³/mol. The molecule has 0 aromatic carbocycles. The normalized spacial score (nSPS) is 29.3. The van der Waals surface area contributed by atoms with Crippen LogP contribution in [0.4, 0.5) is 8.78 Å². The van der Waals surface area contributed by atoms with Crippen LogP contribution >= 0.6 is 0 Å². The van der Waals surface area contributed by atoms with Crippen molar-refractivity contribution < 1.29 is 18.3 Å². The van der Waals surface area contributed by atoms with E-state index in [0.29, 0.717) is 0 Å². The summed E-state index contributed by atoms with van der Waals surface area (Å²) in [5.41, 5.74) is 0. The first kappa shape index (κ1) is 19.2. The van der Waals surface area contributed by atoms with Crippen molar-refractivity contribution in [3.8, 4) is 5.75 Å². The molecular weight excluding hydrogens is 336 g/mol. The van der Waals surface area contributed by atoms with Gasteiger partial charge in [-0.25, -0.2) is 9.37 Å². The van der Waals surface area contributed by atoms with Gasteiger partial charge in [-0.2, -0.15) is 4.39 Å². The van der Waals surface area contributed by atoms with Gasteiger partial charge in [-0.3, -0.25) is 4.79 Å². The molecule has 3 rings (SSSR count). The third-order valence-electron chi connectivity index (χ3n) is 6.35. The van der Waals surface area contributed by atoms with E-state index in [1.807, 2.05) is 0 Å². The first-order chi connectivity index (χ1) is 12.6. The molecule has 5 heteroatoms. The Bertz CT molecular complexity index is 606. The van der Waals surface area contributed by atoms with Crippen molar-refractivity contribution in [3.63, 3.8) is 0 Å². The number of pyridine rings is 1. The third-order valence-corrected chi connectivity index (χ3v) is 6.35. The minimum atomic E-state index is -1.18. The van der Waals surface area contributed by atoms with Gasteiger partial charge in [0.2, 0.25) is 5.95 Å². The molecule has 144 valence electrons. The molecule has 0 bridgehead atoms. The Hall–Kier alpha value is -1.52. The smallest absolute Gasteiger partial charge is 0.314 e. The molecule has 1 aromatic heterocycles. The van der Waals surface area contributed by atoms with Gasteiger partial charge in [-0.1, -0.05) is 32.6 Å². The Kier molecular flexibility index (Phi) is 6.60. The van der Waals surface area contributed by atoms with Crippen LogP contribution in [-0.4, -0.2) is 11.0 Å². The Labute approximate surface area is 154 Å². The van der Waals surface area contributed by atoms with E-state index < -0.39 is 11.8 Å². The molecule has 0 aliphatic heterocycles. The molecule has 2 aliphatic carbocycles. The van der Waals surface area contributed by atoms with E-state index in [-0.39, 0.29) is 17.6 Å². The quantitative estimate of drug-likeness (QED) is 0.498. The average Bonchev–Trinajstić information content (AvgIpc) is 2.66. The number of nitrogens with zero attached hydrogens (tertiary/aromatic N) is 1. The highest BCUT2D eigenvalue weighted by atomic mass is 19.2. The zero-order chi connectivity index (χ0) is 18.5. The van der Waals surface area contributed by atoms with Crippen LogP contribution in [0, 0.1) is 35.4 Å². The fourth-order valence-corrected chi connectivity index (χ4v) is 4.84. The number of ether oxygens (including phenoxy) is 1. The van der Waals surface area contributed by atoms with Crippen LogP contribution < -0.4 is 4.74 Å². The number of carbonyl (C=O) groups excluding carboxylic acids is 1. The van der Waals surface area contributed by atoms with Crippen molar-refractivity contribution in [1.29, 1.82) is 0 Å². The summed E-state index contributed by atoms with van der Waals surface area (Å²) in [6, 6.07) is 0.876. The maximum atomic E-state index is 13.2. The molecule has 0 N–H and O–H groups in total. The van der Waals surface area contributed by atoms with Gasteiger partial charge in [0.15, 0.2) is 11.6 Å². The lowest BCUT2D eigenvalue weighted by molar-refractivity contribution is -0.140. The summed E-state index contributed by atoms with van der Waals surface area (Å²) in [6.07, 6.45) is 12.9. The van der Waals surface area contributed by atoms with Gasteiger partial charge in [0, 0.05) is 6.07 Å². The second kappa shape index (κ2) is 8.92. The lowest BCUT2D eigenvalue weighted by atomic mass is 9.69. The summed E-state index contributed by atoms with van der Waals surface area (Å²) in [5.74, 6) is -0.324. The lowest BCUT2D eigenvalue weighted by Gasteiger charge is -2.37. The number of halogens is 2. The highest BCUT2D eigenvalue weighted by Crippen LogP contribution is 2.42. The largest absolute Gasteiger partial charge is 0.425 e. The summed E-state index contributed by atoms with van der Waals surface area (Å²) in [5, 5.41) is 0. The first-order valence-corrected chi connectivity index (χ1v) is 10.1. The van der Waals surface area contributed by atoms with Crippen molar-refractivity contribution in [3.05, 3.63) is 24.0 Å². The third kappa shape index (κ3) is 4.80. The first-order valence-electron chi connectivity index (χ1n) is 10.1. The molecule has 2 aliphatic rings. The number of carbonyl (C=O) groups is 1. The van der Waals surface area contributed by atoms with Gasteiger partial charge in [-0.05, 0) is 56.3 Å². The van der Waals surface area contributed by atoms with Crippen LogP contribution in [-0.2, 0) is 4.79 Å². The second-order valence-electron chi connectivity index (χ2n) is 8.05. The molecule has 0 radical (unpaired) electrons. The van der Waals surface area contributed by atoms with Gasteiger partial charge in [0.05, 0.1) is 12.1 Å². The second-order valence-corrected chi connectivity index (χ2v) is 8.05. The summed E-state index contributed by atoms with van der Waals surface area (Å²) in [4.78, 5) is 15.5.